The van der Waals surface area contributed by atoms with Crippen molar-refractivity contribution in [1.29, 1.82) is 0 Å². The monoisotopic (exact) mass is 435 g/mol. The summed E-state index contributed by atoms with van der Waals surface area (Å²) in [5, 5.41) is 0.254. The second-order valence-electron chi connectivity index (χ2n) is 6.73. The average Bonchev–Trinajstić information content (AvgIpc) is 3.02. The predicted octanol–water partition coefficient (Wildman–Crippen LogP) is 2.98. The average molecular weight is 436 g/mol. The molecule has 2 aromatic carbocycles. The van der Waals surface area contributed by atoms with Crippen molar-refractivity contribution in [3.05, 3.63) is 64.7 Å². The van der Waals surface area contributed by atoms with Gasteiger partial charge in [0.1, 0.15) is 0 Å². The number of nitrogens with zero attached hydrogens (tertiary/aromatic N) is 1. The van der Waals surface area contributed by atoms with E-state index in [0.717, 1.165) is 25.7 Å². The predicted molar refractivity (Wildman–Crippen MR) is 110 cm³/mol. The first-order valence-electron chi connectivity index (χ1n) is 9.35. The standard InChI is InChI=1S/C20H22ClN3O4S/c21-18-11-4-3-10-17(18)20(26)23-22-19(25)15-8-7-9-16(14-15)29(27,28)24-12-5-1-2-6-13-24/h3-4,7-11,14H,1-2,5-6,12-13H2,(H,22,25)(H,23,26). The Kier molecular flexibility index (Phi) is 6.89. The van der Waals surface area contributed by atoms with Crippen LogP contribution < -0.4 is 10.9 Å². The quantitative estimate of drug-likeness (QED) is 0.721. The van der Waals surface area contributed by atoms with Crippen molar-refractivity contribution in [1.82, 2.24) is 15.2 Å². The molecule has 0 aromatic heterocycles. The van der Waals surface area contributed by atoms with Gasteiger partial charge in [-0.15, -0.1) is 0 Å². The van der Waals surface area contributed by atoms with Crippen molar-refractivity contribution < 1.29 is 18.0 Å². The van der Waals surface area contributed by atoms with Crippen molar-refractivity contribution in [2.45, 2.75) is 30.6 Å². The molecule has 1 aliphatic rings. The van der Waals surface area contributed by atoms with Crippen LogP contribution in [0.1, 0.15) is 46.4 Å². The summed E-state index contributed by atoms with van der Waals surface area (Å²) in [5.74, 6) is -1.20. The molecule has 0 unspecified atom stereocenters. The Morgan fingerprint density at radius 1 is 0.862 bits per heavy atom. The Hall–Kier alpha value is -2.42. The van der Waals surface area contributed by atoms with Crippen LogP contribution in [-0.4, -0.2) is 37.6 Å². The Balaban J connectivity index is 1.71. The molecule has 0 atom stereocenters. The van der Waals surface area contributed by atoms with Gasteiger partial charge in [-0.2, -0.15) is 4.31 Å². The highest BCUT2D eigenvalue weighted by Gasteiger charge is 2.25. The van der Waals surface area contributed by atoms with Crippen LogP contribution in [0.5, 0.6) is 0 Å². The number of hydrogen-bond acceptors (Lipinski definition) is 4. The molecule has 1 aliphatic heterocycles. The topological polar surface area (TPSA) is 95.6 Å². The highest BCUT2D eigenvalue weighted by atomic mass is 35.5. The van der Waals surface area contributed by atoms with E-state index in [1.807, 2.05) is 0 Å². The Morgan fingerprint density at radius 3 is 2.21 bits per heavy atom. The van der Waals surface area contributed by atoms with Crippen LogP contribution in [0.4, 0.5) is 0 Å². The number of carbonyl (C=O) groups is 2. The lowest BCUT2D eigenvalue weighted by atomic mass is 10.2. The van der Waals surface area contributed by atoms with Crippen molar-refractivity contribution in [2.75, 3.05) is 13.1 Å². The molecule has 0 aliphatic carbocycles. The maximum absolute atomic E-state index is 12.9. The van der Waals surface area contributed by atoms with Gasteiger partial charge in [0, 0.05) is 18.7 Å². The molecule has 9 heteroatoms. The zero-order valence-corrected chi connectivity index (χ0v) is 17.3. The summed E-state index contributed by atoms with van der Waals surface area (Å²) >= 11 is 5.96. The second-order valence-corrected chi connectivity index (χ2v) is 9.08. The number of sulfonamides is 1. The van der Waals surface area contributed by atoms with E-state index in [4.69, 9.17) is 11.6 Å². The zero-order chi connectivity index (χ0) is 20.9. The van der Waals surface area contributed by atoms with E-state index in [9.17, 15) is 18.0 Å². The number of nitrogens with one attached hydrogen (secondary N) is 2. The molecule has 0 saturated carbocycles. The van der Waals surface area contributed by atoms with E-state index in [1.165, 1.54) is 34.6 Å². The Morgan fingerprint density at radius 2 is 1.52 bits per heavy atom. The molecule has 2 amide bonds. The van der Waals surface area contributed by atoms with E-state index in [2.05, 4.69) is 10.9 Å². The van der Waals surface area contributed by atoms with Gasteiger partial charge < -0.3 is 0 Å². The summed E-state index contributed by atoms with van der Waals surface area (Å²) in [6.07, 6.45) is 3.68. The molecule has 1 saturated heterocycles. The first-order chi connectivity index (χ1) is 13.9. The minimum absolute atomic E-state index is 0.0597. The number of halogens is 1. The van der Waals surface area contributed by atoms with Crippen LogP contribution in [-0.2, 0) is 10.0 Å². The van der Waals surface area contributed by atoms with Gasteiger partial charge in [0.25, 0.3) is 11.8 Å². The minimum atomic E-state index is -3.67. The van der Waals surface area contributed by atoms with Gasteiger partial charge in [0.15, 0.2) is 0 Å². The molecule has 1 heterocycles. The van der Waals surface area contributed by atoms with Crippen LogP contribution in [0.3, 0.4) is 0 Å². The molecule has 1 fully saturated rings. The number of carbonyl (C=O) groups excluding carboxylic acids is 2. The van der Waals surface area contributed by atoms with Crippen LogP contribution in [0.2, 0.25) is 5.02 Å². The highest BCUT2D eigenvalue weighted by molar-refractivity contribution is 7.89. The highest BCUT2D eigenvalue weighted by Crippen LogP contribution is 2.21. The maximum atomic E-state index is 12.9. The SMILES string of the molecule is O=C(NNC(=O)c1ccccc1Cl)c1cccc(S(=O)(=O)N2CCCCCC2)c1. The normalized spacial score (nSPS) is 15.3. The molecule has 0 radical (unpaired) electrons. The number of benzene rings is 2. The van der Waals surface area contributed by atoms with E-state index in [-0.39, 0.29) is 21.0 Å². The first kappa shape index (κ1) is 21.3. The lowest BCUT2D eigenvalue weighted by Gasteiger charge is -2.20. The molecule has 0 bridgehead atoms. The van der Waals surface area contributed by atoms with Crippen LogP contribution in [0.15, 0.2) is 53.4 Å². The largest absolute Gasteiger partial charge is 0.271 e. The molecule has 2 N–H and O–H groups in total. The van der Waals surface area contributed by atoms with Crippen LogP contribution in [0, 0.1) is 0 Å². The molecule has 154 valence electrons. The minimum Gasteiger partial charge on any atom is -0.267 e. The van der Waals surface area contributed by atoms with Crippen molar-refractivity contribution >= 4 is 33.4 Å². The number of hydrogen-bond donors (Lipinski definition) is 2. The number of rotatable bonds is 4. The van der Waals surface area contributed by atoms with Gasteiger partial charge in [0.2, 0.25) is 10.0 Å². The molecular formula is C20H22ClN3O4S. The van der Waals surface area contributed by atoms with Crippen molar-refractivity contribution in [3.8, 4) is 0 Å². The molecule has 3 rings (SSSR count). The van der Waals surface area contributed by atoms with E-state index in [1.54, 1.807) is 18.2 Å². The third kappa shape index (κ3) is 5.14. The van der Waals surface area contributed by atoms with Gasteiger partial charge in [-0.25, -0.2) is 8.42 Å². The molecule has 2 aromatic rings. The summed E-state index contributed by atoms with van der Waals surface area (Å²) < 4.78 is 27.3. The molecule has 7 nitrogen and oxygen atoms in total. The first-order valence-corrected chi connectivity index (χ1v) is 11.2. The van der Waals surface area contributed by atoms with E-state index >= 15 is 0 Å². The molecule has 0 spiro atoms. The summed E-state index contributed by atoms with van der Waals surface area (Å²) in [6, 6.07) is 12.2. The van der Waals surface area contributed by atoms with E-state index < -0.39 is 21.8 Å². The number of amides is 2. The summed E-state index contributed by atoms with van der Waals surface area (Å²) in [4.78, 5) is 24.6. The van der Waals surface area contributed by atoms with Gasteiger partial charge >= 0.3 is 0 Å². The Labute approximate surface area is 175 Å². The lowest BCUT2D eigenvalue weighted by Crippen LogP contribution is -2.41. The zero-order valence-electron chi connectivity index (χ0n) is 15.7. The smallest absolute Gasteiger partial charge is 0.267 e. The van der Waals surface area contributed by atoms with E-state index in [0.29, 0.717) is 13.1 Å². The van der Waals surface area contributed by atoms with Crippen molar-refractivity contribution in [3.63, 3.8) is 0 Å². The fourth-order valence-corrected chi connectivity index (χ4v) is 4.91. The van der Waals surface area contributed by atoms with Gasteiger partial charge in [-0.05, 0) is 43.2 Å². The Bertz CT molecular complexity index is 1000. The fraction of sp³-hybridized carbons (Fsp3) is 0.300. The lowest BCUT2D eigenvalue weighted by molar-refractivity contribution is 0.0846. The second kappa shape index (κ2) is 9.39. The van der Waals surface area contributed by atoms with Crippen molar-refractivity contribution in [2.24, 2.45) is 0 Å². The summed E-state index contributed by atoms with van der Waals surface area (Å²) in [5.41, 5.74) is 4.91. The summed E-state index contributed by atoms with van der Waals surface area (Å²) in [6.45, 7) is 0.958. The maximum Gasteiger partial charge on any atom is 0.271 e. The van der Waals surface area contributed by atoms with Crippen LogP contribution >= 0.6 is 11.6 Å². The molecular weight excluding hydrogens is 414 g/mol. The molecule has 29 heavy (non-hydrogen) atoms. The third-order valence-corrected chi connectivity index (χ3v) is 6.93. The van der Waals surface area contributed by atoms with Gasteiger partial charge in [0.05, 0.1) is 15.5 Å². The number of hydrazine groups is 1. The van der Waals surface area contributed by atoms with Gasteiger partial charge in [-0.1, -0.05) is 42.6 Å². The summed E-state index contributed by atoms with van der Waals surface area (Å²) in [7, 11) is -3.67. The fourth-order valence-electron chi connectivity index (χ4n) is 3.13. The van der Waals surface area contributed by atoms with Crippen LogP contribution in [0.25, 0.3) is 0 Å². The van der Waals surface area contributed by atoms with Gasteiger partial charge in [-0.3, -0.25) is 20.4 Å². The third-order valence-electron chi connectivity index (χ3n) is 4.71.